The van der Waals surface area contributed by atoms with E-state index in [1.165, 1.54) is 0 Å². The summed E-state index contributed by atoms with van der Waals surface area (Å²) in [6.07, 6.45) is 2.29. The van der Waals surface area contributed by atoms with Crippen LogP contribution < -0.4 is 5.32 Å². The normalized spacial score (nSPS) is 11.3. The SMILES string of the molecule is CCC(CC)c1nnc(NC(C)C)s1. The van der Waals surface area contributed by atoms with Crippen LogP contribution in [0, 0.1) is 0 Å². The Balaban J connectivity index is 2.66. The van der Waals surface area contributed by atoms with E-state index < -0.39 is 0 Å². The Hall–Kier alpha value is -0.640. The first-order valence-electron chi connectivity index (χ1n) is 5.27. The molecule has 14 heavy (non-hydrogen) atoms. The fourth-order valence-electron chi connectivity index (χ4n) is 1.34. The van der Waals surface area contributed by atoms with Crippen LogP contribution in [0.3, 0.4) is 0 Å². The van der Waals surface area contributed by atoms with Crippen molar-refractivity contribution in [1.82, 2.24) is 10.2 Å². The van der Waals surface area contributed by atoms with Gasteiger partial charge in [0.05, 0.1) is 0 Å². The molecule has 0 amide bonds. The monoisotopic (exact) mass is 213 g/mol. The smallest absolute Gasteiger partial charge is 0.205 e. The second-order valence-corrected chi connectivity index (χ2v) is 4.77. The second-order valence-electron chi connectivity index (χ2n) is 3.76. The molecule has 4 heteroatoms. The van der Waals surface area contributed by atoms with Crippen LogP contribution in [0.2, 0.25) is 0 Å². The van der Waals surface area contributed by atoms with Crippen molar-refractivity contribution in [1.29, 1.82) is 0 Å². The molecule has 0 atom stereocenters. The first-order valence-corrected chi connectivity index (χ1v) is 6.08. The van der Waals surface area contributed by atoms with E-state index in [4.69, 9.17) is 0 Å². The number of rotatable bonds is 5. The van der Waals surface area contributed by atoms with Crippen LogP contribution >= 0.6 is 11.3 Å². The molecule has 0 saturated heterocycles. The van der Waals surface area contributed by atoms with Crippen molar-refractivity contribution >= 4 is 16.5 Å². The largest absolute Gasteiger partial charge is 0.358 e. The highest BCUT2D eigenvalue weighted by molar-refractivity contribution is 7.15. The summed E-state index contributed by atoms with van der Waals surface area (Å²) in [5, 5.41) is 13.7. The van der Waals surface area contributed by atoms with Crippen LogP contribution in [0.15, 0.2) is 0 Å². The Labute approximate surface area is 89.9 Å². The summed E-state index contributed by atoms with van der Waals surface area (Å²) in [5.41, 5.74) is 0. The van der Waals surface area contributed by atoms with E-state index in [0.29, 0.717) is 12.0 Å². The standard InChI is InChI=1S/C10H19N3S/c1-5-8(6-2)9-12-13-10(14-9)11-7(3)4/h7-8H,5-6H2,1-4H3,(H,11,13). The predicted molar refractivity (Wildman–Crippen MR) is 62.0 cm³/mol. The van der Waals surface area contributed by atoms with Crippen molar-refractivity contribution in [2.24, 2.45) is 0 Å². The lowest BCUT2D eigenvalue weighted by molar-refractivity contribution is 0.630. The van der Waals surface area contributed by atoms with Crippen molar-refractivity contribution < 1.29 is 0 Å². The first-order chi connectivity index (χ1) is 6.67. The molecule has 1 aromatic rings. The molecular formula is C10H19N3S. The molecule has 1 rings (SSSR count). The van der Waals surface area contributed by atoms with Gasteiger partial charge in [-0.05, 0) is 26.7 Å². The highest BCUT2D eigenvalue weighted by atomic mass is 32.1. The minimum absolute atomic E-state index is 0.428. The molecule has 0 spiro atoms. The number of anilines is 1. The van der Waals surface area contributed by atoms with Crippen LogP contribution in [-0.2, 0) is 0 Å². The minimum Gasteiger partial charge on any atom is -0.358 e. The van der Waals surface area contributed by atoms with Crippen molar-refractivity contribution in [3.8, 4) is 0 Å². The number of aromatic nitrogens is 2. The van der Waals surface area contributed by atoms with Gasteiger partial charge in [0, 0.05) is 12.0 Å². The van der Waals surface area contributed by atoms with Crippen molar-refractivity contribution in [2.75, 3.05) is 5.32 Å². The Kier molecular flexibility index (Phi) is 4.32. The van der Waals surface area contributed by atoms with Gasteiger partial charge in [-0.15, -0.1) is 10.2 Å². The lowest BCUT2D eigenvalue weighted by Crippen LogP contribution is -2.08. The van der Waals surface area contributed by atoms with Gasteiger partial charge in [-0.25, -0.2) is 0 Å². The molecule has 0 radical (unpaired) electrons. The van der Waals surface area contributed by atoms with Gasteiger partial charge in [0.25, 0.3) is 0 Å². The summed E-state index contributed by atoms with van der Waals surface area (Å²) in [6, 6.07) is 0.428. The number of hydrogen-bond acceptors (Lipinski definition) is 4. The van der Waals surface area contributed by atoms with Gasteiger partial charge in [0.2, 0.25) is 5.13 Å². The van der Waals surface area contributed by atoms with E-state index in [1.54, 1.807) is 11.3 Å². The zero-order valence-electron chi connectivity index (χ0n) is 9.37. The zero-order chi connectivity index (χ0) is 10.6. The third kappa shape index (κ3) is 2.94. The predicted octanol–water partition coefficient (Wildman–Crippen LogP) is 3.26. The van der Waals surface area contributed by atoms with Crippen LogP contribution in [0.4, 0.5) is 5.13 Å². The Bertz CT molecular complexity index is 266. The number of nitrogens with one attached hydrogen (secondary N) is 1. The molecular weight excluding hydrogens is 194 g/mol. The van der Waals surface area contributed by atoms with E-state index in [-0.39, 0.29) is 0 Å². The molecule has 1 aromatic heterocycles. The highest BCUT2D eigenvalue weighted by Gasteiger charge is 2.13. The lowest BCUT2D eigenvalue weighted by Gasteiger charge is -2.06. The zero-order valence-corrected chi connectivity index (χ0v) is 10.2. The second kappa shape index (κ2) is 5.29. The van der Waals surface area contributed by atoms with Crippen LogP contribution in [0.1, 0.15) is 51.5 Å². The molecule has 0 aliphatic heterocycles. The van der Waals surface area contributed by atoms with E-state index in [1.807, 2.05) is 0 Å². The third-order valence-corrected chi connectivity index (χ3v) is 3.20. The summed E-state index contributed by atoms with van der Waals surface area (Å²) in [5.74, 6) is 0.579. The van der Waals surface area contributed by atoms with E-state index in [0.717, 1.165) is 23.0 Å². The average Bonchev–Trinajstić information content (AvgIpc) is 2.54. The molecule has 0 aliphatic carbocycles. The van der Waals surface area contributed by atoms with Crippen LogP contribution in [0.25, 0.3) is 0 Å². The maximum atomic E-state index is 4.22. The molecule has 0 saturated carbocycles. The summed E-state index contributed by atoms with van der Waals surface area (Å²) >= 11 is 1.69. The Morgan fingerprint density at radius 1 is 1.21 bits per heavy atom. The van der Waals surface area contributed by atoms with Crippen LogP contribution in [-0.4, -0.2) is 16.2 Å². The van der Waals surface area contributed by atoms with Gasteiger partial charge < -0.3 is 5.32 Å². The van der Waals surface area contributed by atoms with E-state index >= 15 is 0 Å². The fourth-order valence-corrected chi connectivity index (χ4v) is 2.50. The molecule has 0 unspecified atom stereocenters. The molecule has 0 fully saturated rings. The maximum Gasteiger partial charge on any atom is 0.205 e. The van der Waals surface area contributed by atoms with E-state index in [2.05, 4.69) is 43.2 Å². The molecule has 3 nitrogen and oxygen atoms in total. The van der Waals surface area contributed by atoms with Crippen LogP contribution in [0.5, 0.6) is 0 Å². The fraction of sp³-hybridized carbons (Fsp3) is 0.800. The molecule has 1 heterocycles. The number of hydrogen-bond donors (Lipinski definition) is 1. The maximum absolute atomic E-state index is 4.22. The Morgan fingerprint density at radius 2 is 1.86 bits per heavy atom. The topological polar surface area (TPSA) is 37.8 Å². The van der Waals surface area contributed by atoms with Crippen molar-refractivity contribution in [3.05, 3.63) is 5.01 Å². The summed E-state index contributed by atoms with van der Waals surface area (Å²) in [7, 11) is 0. The van der Waals surface area contributed by atoms with E-state index in [9.17, 15) is 0 Å². The van der Waals surface area contributed by atoms with Crippen molar-refractivity contribution in [3.63, 3.8) is 0 Å². The van der Waals surface area contributed by atoms with Gasteiger partial charge in [-0.1, -0.05) is 25.2 Å². The average molecular weight is 213 g/mol. The lowest BCUT2D eigenvalue weighted by atomic mass is 10.1. The summed E-state index contributed by atoms with van der Waals surface area (Å²) in [6.45, 7) is 8.62. The van der Waals surface area contributed by atoms with Gasteiger partial charge in [0.15, 0.2) is 0 Å². The molecule has 0 bridgehead atoms. The van der Waals surface area contributed by atoms with Crippen molar-refractivity contribution in [2.45, 2.75) is 52.5 Å². The first kappa shape index (κ1) is 11.4. The quantitative estimate of drug-likeness (QED) is 0.815. The molecule has 0 aliphatic rings. The van der Waals surface area contributed by atoms with Gasteiger partial charge in [0.1, 0.15) is 5.01 Å². The van der Waals surface area contributed by atoms with Gasteiger partial charge in [-0.3, -0.25) is 0 Å². The Morgan fingerprint density at radius 3 is 2.36 bits per heavy atom. The minimum atomic E-state index is 0.428. The summed E-state index contributed by atoms with van der Waals surface area (Å²) < 4.78 is 0. The molecule has 0 aromatic carbocycles. The third-order valence-electron chi connectivity index (χ3n) is 2.19. The highest BCUT2D eigenvalue weighted by Crippen LogP contribution is 2.28. The summed E-state index contributed by atoms with van der Waals surface area (Å²) in [4.78, 5) is 0. The van der Waals surface area contributed by atoms with Gasteiger partial charge >= 0.3 is 0 Å². The molecule has 80 valence electrons. The molecule has 1 N–H and O–H groups in total. The van der Waals surface area contributed by atoms with Gasteiger partial charge in [-0.2, -0.15) is 0 Å². The number of nitrogens with zero attached hydrogens (tertiary/aromatic N) is 2.